The van der Waals surface area contributed by atoms with Gasteiger partial charge < -0.3 is 9.47 Å². The standard InChI is InChI=1S/C14H21NO4S/c1-4-20-14-9-6-5-8-10(12(16)15(2)17-3)7-18-13(19-14)11(8)9/h7-9,11,13-14H,4-6H2,1-3H3/t8-,9+,11-,13+,14-/m0/s1. The number of ether oxygens (including phenoxy) is 2. The van der Waals surface area contributed by atoms with E-state index in [2.05, 4.69) is 6.92 Å². The highest BCUT2D eigenvalue weighted by atomic mass is 32.2. The highest BCUT2D eigenvalue weighted by Crippen LogP contribution is 2.55. The summed E-state index contributed by atoms with van der Waals surface area (Å²) in [6, 6.07) is 0. The van der Waals surface area contributed by atoms with Crippen LogP contribution in [0.5, 0.6) is 0 Å². The van der Waals surface area contributed by atoms with E-state index >= 15 is 0 Å². The van der Waals surface area contributed by atoms with Gasteiger partial charge in [-0.05, 0) is 18.6 Å². The molecule has 0 radical (unpaired) electrons. The molecule has 2 fully saturated rings. The predicted octanol–water partition coefficient (Wildman–Crippen LogP) is 2.00. The second kappa shape index (κ2) is 5.58. The van der Waals surface area contributed by atoms with E-state index in [1.165, 1.54) is 12.2 Å². The Morgan fingerprint density at radius 1 is 1.55 bits per heavy atom. The molecule has 0 spiro atoms. The van der Waals surface area contributed by atoms with Gasteiger partial charge in [-0.2, -0.15) is 0 Å². The number of amides is 1. The first-order valence-electron chi connectivity index (χ1n) is 7.12. The molecule has 0 aromatic heterocycles. The smallest absolute Gasteiger partial charge is 0.276 e. The molecule has 0 N–H and O–H groups in total. The first-order valence-corrected chi connectivity index (χ1v) is 8.17. The van der Waals surface area contributed by atoms with Gasteiger partial charge in [0.05, 0.1) is 18.9 Å². The van der Waals surface area contributed by atoms with Crippen LogP contribution < -0.4 is 0 Å². The lowest BCUT2D eigenvalue weighted by molar-refractivity contribution is -0.167. The van der Waals surface area contributed by atoms with Gasteiger partial charge in [0.15, 0.2) is 0 Å². The first-order chi connectivity index (χ1) is 9.67. The molecule has 1 amide bonds. The van der Waals surface area contributed by atoms with Crippen LogP contribution >= 0.6 is 11.8 Å². The van der Waals surface area contributed by atoms with Gasteiger partial charge in [0, 0.05) is 24.8 Å². The summed E-state index contributed by atoms with van der Waals surface area (Å²) in [5.74, 6) is 1.98. The molecule has 0 bridgehead atoms. The molecule has 2 heterocycles. The molecule has 20 heavy (non-hydrogen) atoms. The number of likely N-dealkylation sites (N-methyl/N-ethyl adjacent to an activating group) is 1. The molecule has 1 aliphatic carbocycles. The van der Waals surface area contributed by atoms with E-state index in [0.29, 0.717) is 11.8 Å². The summed E-state index contributed by atoms with van der Waals surface area (Å²) in [6.45, 7) is 2.14. The van der Waals surface area contributed by atoms with Crippen molar-refractivity contribution in [2.45, 2.75) is 31.5 Å². The van der Waals surface area contributed by atoms with E-state index in [-0.39, 0.29) is 23.6 Å². The maximum Gasteiger partial charge on any atom is 0.276 e. The zero-order valence-electron chi connectivity index (χ0n) is 12.1. The molecule has 112 valence electrons. The van der Waals surface area contributed by atoms with Crippen molar-refractivity contribution < 1.29 is 19.1 Å². The van der Waals surface area contributed by atoms with E-state index in [4.69, 9.17) is 14.3 Å². The SMILES string of the molecule is CCS[C@@H]1O[C@H]2OC=C(C(=O)N(C)OC)[C@@H]3CC[C@@H]1[C@@H]23. The van der Waals surface area contributed by atoms with E-state index in [0.717, 1.165) is 24.2 Å². The summed E-state index contributed by atoms with van der Waals surface area (Å²) in [5.41, 5.74) is 0.937. The normalized spacial score (nSPS) is 38.1. The third-order valence-corrected chi connectivity index (χ3v) is 5.69. The predicted molar refractivity (Wildman–Crippen MR) is 75.4 cm³/mol. The van der Waals surface area contributed by atoms with Gasteiger partial charge in [-0.15, -0.1) is 11.8 Å². The number of hydroxylamine groups is 2. The molecule has 1 saturated carbocycles. The molecule has 0 unspecified atom stereocenters. The van der Waals surface area contributed by atoms with Crippen LogP contribution in [0.2, 0.25) is 0 Å². The highest BCUT2D eigenvalue weighted by molar-refractivity contribution is 7.99. The average Bonchev–Trinajstić information content (AvgIpc) is 3.04. The van der Waals surface area contributed by atoms with Crippen molar-refractivity contribution >= 4 is 17.7 Å². The summed E-state index contributed by atoms with van der Waals surface area (Å²) in [5, 5.41) is 1.26. The molecular weight excluding hydrogens is 278 g/mol. The summed E-state index contributed by atoms with van der Waals surface area (Å²) < 4.78 is 11.7. The molecule has 1 saturated heterocycles. The Labute approximate surface area is 123 Å². The van der Waals surface area contributed by atoms with Crippen LogP contribution in [0.1, 0.15) is 19.8 Å². The topological polar surface area (TPSA) is 48.0 Å². The minimum absolute atomic E-state index is 0.108. The fourth-order valence-corrected chi connectivity index (χ4v) is 4.68. The van der Waals surface area contributed by atoms with Crippen molar-refractivity contribution in [2.24, 2.45) is 17.8 Å². The van der Waals surface area contributed by atoms with Gasteiger partial charge in [-0.1, -0.05) is 6.92 Å². The second-order valence-corrected chi connectivity index (χ2v) is 6.82. The number of carbonyl (C=O) groups is 1. The zero-order chi connectivity index (χ0) is 14.3. The van der Waals surface area contributed by atoms with Crippen LogP contribution in [0.3, 0.4) is 0 Å². The summed E-state index contributed by atoms with van der Waals surface area (Å²) >= 11 is 1.84. The first kappa shape index (κ1) is 14.2. The van der Waals surface area contributed by atoms with Crippen LogP contribution in [0.4, 0.5) is 0 Å². The van der Waals surface area contributed by atoms with Crippen LogP contribution in [0.15, 0.2) is 11.8 Å². The number of hydrogen-bond donors (Lipinski definition) is 0. The van der Waals surface area contributed by atoms with Crippen LogP contribution in [-0.2, 0) is 19.1 Å². The second-order valence-electron chi connectivity index (χ2n) is 5.45. The van der Waals surface area contributed by atoms with Crippen LogP contribution in [-0.4, -0.2) is 42.6 Å². The largest absolute Gasteiger partial charge is 0.472 e. The minimum atomic E-state index is -0.180. The van der Waals surface area contributed by atoms with Gasteiger partial charge in [0.1, 0.15) is 5.44 Å². The average molecular weight is 299 g/mol. The van der Waals surface area contributed by atoms with Crippen molar-refractivity contribution in [3.8, 4) is 0 Å². The summed E-state index contributed by atoms with van der Waals surface area (Å²) in [6.07, 6.45) is 3.55. The molecule has 0 aromatic rings. The summed E-state index contributed by atoms with van der Waals surface area (Å²) in [7, 11) is 3.12. The van der Waals surface area contributed by atoms with E-state index < -0.39 is 0 Å². The van der Waals surface area contributed by atoms with Gasteiger partial charge in [0.2, 0.25) is 6.29 Å². The van der Waals surface area contributed by atoms with Gasteiger partial charge in [0.25, 0.3) is 5.91 Å². The third-order valence-electron chi connectivity index (χ3n) is 4.57. The molecule has 3 rings (SSSR count). The third kappa shape index (κ3) is 2.14. The van der Waals surface area contributed by atoms with Crippen LogP contribution in [0.25, 0.3) is 0 Å². The highest BCUT2D eigenvalue weighted by Gasteiger charge is 2.56. The van der Waals surface area contributed by atoms with Crippen molar-refractivity contribution in [1.82, 2.24) is 5.06 Å². The minimum Gasteiger partial charge on any atom is -0.472 e. The summed E-state index contributed by atoms with van der Waals surface area (Å²) in [4.78, 5) is 17.3. The lowest BCUT2D eigenvalue weighted by atomic mass is 9.84. The maximum absolute atomic E-state index is 12.3. The van der Waals surface area contributed by atoms with E-state index in [1.807, 2.05) is 11.8 Å². The monoisotopic (exact) mass is 299 g/mol. The number of nitrogens with zero attached hydrogens (tertiary/aromatic N) is 1. The lowest BCUT2D eigenvalue weighted by Crippen LogP contribution is -2.37. The molecule has 2 aliphatic heterocycles. The molecule has 3 aliphatic rings. The zero-order valence-corrected chi connectivity index (χ0v) is 12.9. The van der Waals surface area contributed by atoms with E-state index in [9.17, 15) is 4.79 Å². The van der Waals surface area contributed by atoms with Crippen LogP contribution in [0, 0.1) is 17.8 Å². The number of hydrogen-bond acceptors (Lipinski definition) is 5. The fraction of sp³-hybridized carbons (Fsp3) is 0.786. The Hall–Kier alpha value is -0.720. The Morgan fingerprint density at radius 2 is 2.35 bits per heavy atom. The van der Waals surface area contributed by atoms with Crippen molar-refractivity contribution in [3.63, 3.8) is 0 Å². The molecule has 6 heteroatoms. The van der Waals surface area contributed by atoms with Crippen molar-refractivity contribution in [3.05, 3.63) is 11.8 Å². The van der Waals surface area contributed by atoms with Crippen molar-refractivity contribution in [2.75, 3.05) is 19.9 Å². The Kier molecular flexibility index (Phi) is 3.97. The molecule has 0 aromatic carbocycles. The number of thioether (sulfide) groups is 1. The fourth-order valence-electron chi connectivity index (χ4n) is 3.60. The molecule has 5 atom stereocenters. The molecular formula is C14H21NO4S. The Bertz CT molecular complexity index is 427. The maximum atomic E-state index is 12.3. The van der Waals surface area contributed by atoms with E-state index in [1.54, 1.807) is 13.3 Å². The van der Waals surface area contributed by atoms with Gasteiger partial charge in [-0.25, -0.2) is 5.06 Å². The molecule has 5 nitrogen and oxygen atoms in total. The Balaban J connectivity index is 1.79. The van der Waals surface area contributed by atoms with Crippen molar-refractivity contribution in [1.29, 1.82) is 0 Å². The quantitative estimate of drug-likeness (QED) is 0.743. The Morgan fingerprint density at radius 3 is 3.05 bits per heavy atom. The van der Waals surface area contributed by atoms with Gasteiger partial charge in [-0.3, -0.25) is 9.63 Å². The lowest BCUT2D eigenvalue weighted by Gasteiger charge is -2.31. The number of rotatable bonds is 4. The van der Waals surface area contributed by atoms with Gasteiger partial charge >= 0.3 is 0 Å². The number of carbonyl (C=O) groups excluding carboxylic acids is 1.